The number of nitrogens with zero attached hydrogens (tertiary/aromatic N) is 4. The zero-order chi connectivity index (χ0) is 60.1. The van der Waals surface area contributed by atoms with Crippen molar-refractivity contribution in [2.75, 3.05) is 44.1 Å². The van der Waals surface area contributed by atoms with E-state index in [9.17, 15) is 49.8 Å². The molecule has 10 atom stereocenters. The number of carbonyl (C=O) groups is 3. The number of anilines is 2. The lowest BCUT2D eigenvalue weighted by Gasteiger charge is -2.38. The number of benzene rings is 3. The highest BCUT2D eigenvalue weighted by Gasteiger charge is 2.50. The Morgan fingerprint density at radius 1 is 1.00 bits per heavy atom. The summed E-state index contributed by atoms with van der Waals surface area (Å²) in [6.45, 7) is 20.7. The highest BCUT2D eigenvalue weighted by atomic mass is 19.1. The number of allylic oxidation sites excluding steroid dienone is 2. The van der Waals surface area contributed by atoms with Gasteiger partial charge in [-0.05, 0) is 51.2 Å². The van der Waals surface area contributed by atoms with E-state index in [1.807, 2.05) is 18.4 Å². The standard InChI is InChI=1S/C61H76FN5O15/c1-28(2)25-67(38-19-21-65(26-38)49-42(62)23-39-48(58(49)79-13)66(37-17-18-37)27-41(35(9)68)53(39)73)63-24-40-47-55(75)45-44(54(40)74)46-57(34(8)52(45)72)82-61(11,59(46)76)80-22-20-43(78-12)31(5)56(81-36(10)69)33(7)51(71)32(6)50(70)29(3)15-14-16-30(4)60(77)64-47/h14-16,20,22-24,27-29,31-33,37-38,43,50-51,56,68,70-72,74-75H,9,17-19,21,25-26H2,1-8,10-13H3,(H,64,77)/b15-14+,22-20+,30-16-,63-24+/t29-,31+,32+,33+,38?,43-,50-,51+,56+,61-/m0/s1. The zero-order valence-electron chi connectivity index (χ0n) is 48.4. The maximum Gasteiger partial charge on any atom is 0.312 e. The Hall–Kier alpha value is -7.62. The average molecular weight is 1140 g/mol. The summed E-state index contributed by atoms with van der Waals surface area (Å²) in [5.41, 5.74) is -0.952. The number of amides is 1. The molecule has 1 aliphatic carbocycles. The van der Waals surface area contributed by atoms with E-state index in [2.05, 4.69) is 11.9 Å². The molecule has 1 amide bonds. The molecule has 82 heavy (non-hydrogen) atoms. The Morgan fingerprint density at radius 2 is 1.70 bits per heavy atom. The van der Waals surface area contributed by atoms with Crippen molar-refractivity contribution in [1.29, 1.82) is 0 Å². The third-order valence-electron chi connectivity index (χ3n) is 16.5. The number of aliphatic hydroxyl groups is 3. The van der Waals surface area contributed by atoms with Crippen LogP contribution in [0.4, 0.5) is 15.8 Å². The minimum atomic E-state index is -2.15. The van der Waals surface area contributed by atoms with Crippen LogP contribution in [0.25, 0.3) is 27.4 Å². The Balaban J connectivity index is 1.24. The summed E-state index contributed by atoms with van der Waals surface area (Å²) in [6, 6.07) is 0.723. The number of aliphatic hydroxyl groups excluding tert-OH is 3. The number of rotatable bonds is 11. The normalized spacial score (nSPS) is 27.8. The molecule has 442 valence electrons. The van der Waals surface area contributed by atoms with Gasteiger partial charge in [-0.15, -0.1) is 0 Å². The molecule has 20 nitrogen and oxygen atoms in total. The molecule has 0 radical (unpaired) electrons. The number of nitrogens with one attached hydrogen (secondary N) is 1. The third kappa shape index (κ3) is 11.2. The van der Waals surface area contributed by atoms with Gasteiger partial charge < -0.3 is 69.1 Å². The van der Waals surface area contributed by atoms with Crippen molar-refractivity contribution >= 4 is 62.7 Å². The van der Waals surface area contributed by atoms with Crippen molar-refractivity contribution < 1.29 is 73.1 Å². The molecule has 2 fully saturated rings. The van der Waals surface area contributed by atoms with E-state index < -0.39 is 117 Å². The van der Waals surface area contributed by atoms with Crippen LogP contribution in [0.2, 0.25) is 0 Å². The summed E-state index contributed by atoms with van der Waals surface area (Å²) in [4.78, 5) is 57.1. The van der Waals surface area contributed by atoms with Crippen molar-refractivity contribution in [1.82, 2.24) is 9.58 Å². The van der Waals surface area contributed by atoms with Crippen LogP contribution >= 0.6 is 0 Å². The predicted octanol–water partition coefficient (Wildman–Crippen LogP) is 8.65. The number of hydrogen-bond donors (Lipinski definition) is 7. The van der Waals surface area contributed by atoms with Gasteiger partial charge in [0, 0.05) is 93.0 Å². The van der Waals surface area contributed by atoms with Crippen molar-refractivity contribution in [2.24, 2.45) is 34.7 Å². The Labute approximate surface area is 475 Å². The van der Waals surface area contributed by atoms with E-state index >= 15 is 4.39 Å². The van der Waals surface area contributed by atoms with Crippen LogP contribution in [0.5, 0.6) is 28.7 Å². The largest absolute Gasteiger partial charge is 0.508 e. The monoisotopic (exact) mass is 1140 g/mol. The van der Waals surface area contributed by atoms with Gasteiger partial charge in [0.05, 0.1) is 82.6 Å². The fourth-order valence-corrected chi connectivity index (χ4v) is 11.6. The van der Waals surface area contributed by atoms with Crippen molar-refractivity contribution in [3.8, 4) is 28.7 Å². The molecule has 5 aliphatic rings. The minimum absolute atomic E-state index is 0.0111. The molecule has 21 heteroatoms. The summed E-state index contributed by atoms with van der Waals surface area (Å²) in [6.07, 6.45) is 7.99. The van der Waals surface area contributed by atoms with Crippen molar-refractivity contribution in [2.45, 2.75) is 131 Å². The summed E-state index contributed by atoms with van der Waals surface area (Å²) in [5.74, 6) is -10.3. The lowest BCUT2D eigenvalue weighted by molar-refractivity contribution is -0.160. The molecule has 5 bridgehead atoms. The summed E-state index contributed by atoms with van der Waals surface area (Å²) < 4.78 is 48.3. The first-order chi connectivity index (χ1) is 38.7. The number of esters is 1. The number of aromatic nitrogens is 1. The Bertz CT molecular complexity index is 3400. The summed E-state index contributed by atoms with van der Waals surface area (Å²) in [5, 5.41) is 79.2. The number of ketones is 1. The first-order valence-corrected chi connectivity index (χ1v) is 27.6. The van der Waals surface area contributed by atoms with Crippen LogP contribution in [0.1, 0.15) is 115 Å². The Morgan fingerprint density at radius 3 is 2.32 bits per heavy atom. The number of Topliss-reactive ketones (excluding diaryl/α,β-unsaturated/α-hetero) is 1. The lowest BCUT2D eigenvalue weighted by Crippen LogP contribution is -2.46. The van der Waals surface area contributed by atoms with E-state index in [0.29, 0.717) is 25.0 Å². The predicted molar refractivity (Wildman–Crippen MR) is 308 cm³/mol. The molecule has 7 N–H and O–H groups in total. The number of phenolic OH excluding ortho intramolecular Hbond substituents is 3. The smallest absolute Gasteiger partial charge is 0.312 e. The highest BCUT2D eigenvalue weighted by molar-refractivity contribution is 6.24. The van der Waals surface area contributed by atoms with Crippen LogP contribution in [-0.4, -0.2) is 134 Å². The van der Waals surface area contributed by atoms with Gasteiger partial charge in [-0.25, -0.2) is 4.39 Å². The van der Waals surface area contributed by atoms with Gasteiger partial charge in [-0.3, -0.25) is 24.2 Å². The van der Waals surface area contributed by atoms with E-state index in [4.69, 9.17) is 28.8 Å². The van der Waals surface area contributed by atoms with Crippen LogP contribution in [0, 0.1) is 42.3 Å². The SMILES string of the molecule is C=C(O)c1cn(C2CC2)c2c(OC)c(N3CCC(N(CC(C)C)/N=C/c4c5c(O)c6c(O)c(C)c7c(c6c4O)C(=O)[C@@](C)(O/C=C/[C@H](OC)[C@@H](C)[C@@H](OC(C)=O)[C@H](C)[C@H](O)[C@H](C)[C@@H](O)[C@@H](C)/C=C/C=C(/C)C(=O)N5)O7)C3)c(F)cc2c1=O. The molecule has 5 heterocycles. The molecule has 1 aromatic heterocycles. The van der Waals surface area contributed by atoms with Gasteiger partial charge in [0.15, 0.2) is 17.3 Å². The maximum absolute atomic E-state index is 16.6. The second-order valence-corrected chi connectivity index (χ2v) is 22.9. The zero-order valence-corrected chi connectivity index (χ0v) is 48.4. The number of hydrogen-bond acceptors (Lipinski definition) is 18. The van der Waals surface area contributed by atoms with Gasteiger partial charge in [0.1, 0.15) is 34.8 Å². The fraction of sp³-hybridized carbons (Fsp3) is 0.492. The first kappa shape index (κ1) is 60.5. The number of aromatic hydroxyl groups is 3. The molecule has 9 rings (SSSR count). The summed E-state index contributed by atoms with van der Waals surface area (Å²) in [7, 11) is 2.82. The number of fused-ring (bicyclic) bond motifs is 15. The highest BCUT2D eigenvalue weighted by Crippen LogP contribution is 2.55. The van der Waals surface area contributed by atoms with Gasteiger partial charge in [-0.2, -0.15) is 5.10 Å². The molecule has 1 unspecified atom stereocenters. The Kier molecular flexibility index (Phi) is 17.5. The third-order valence-corrected chi connectivity index (χ3v) is 16.5. The molecule has 1 saturated carbocycles. The second-order valence-electron chi connectivity index (χ2n) is 22.9. The summed E-state index contributed by atoms with van der Waals surface area (Å²) >= 11 is 0. The molecule has 3 aromatic carbocycles. The topological polar surface area (TPSA) is 272 Å². The molecule has 0 spiro atoms. The molecule has 4 aliphatic heterocycles. The fourth-order valence-electron chi connectivity index (χ4n) is 11.6. The lowest BCUT2D eigenvalue weighted by atomic mass is 9.78. The minimum Gasteiger partial charge on any atom is -0.508 e. The van der Waals surface area contributed by atoms with Crippen LogP contribution in [-0.2, 0) is 23.8 Å². The molecule has 4 aromatic rings. The number of pyridine rings is 1. The van der Waals surface area contributed by atoms with E-state index in [1.165, 1.54) is 72.7 Å². The molecular formula is C61H76FN5O15. The number of methoxy groups -OCH3 is 2. The molecule has 1 saturated heterocycles. The van der Waals surface area contributed by atoms with Crippen LogP contribution in [0.15, 0.2) is 64.9 Å². The quantitative estimate of drug-likeness (QED) is 0.0185. The average Bonchev–Trinajstić information content (AvgIpc) is 1.77. The van der Waals surface area contributed by atoms with Gasteiger partial charge in [0.2, 0.25) is 5.43 Å². The van der Waals surface area contributed by atoms with Gasteiger partial charge in [-0.1, -0.05) is 66.3 Å². The van der Waals surface area contributed by atoms with Crippen LogP contribution < -0.4 is 25.1 Å². The number of phenols is 3. The van der Waals surface area contributed by atoms with E-state index in [-0.39, 0.29) is 80.0 Å². The van der Waals surface area contributed by atoms with E-state index in [1.54, 1.807) is 49.8 Å². The first-order valence-electron chi connectivity index (χ1n) is 27.6. The maximum atomic E-state index is 16.6. The van der Waals surface area contributed by atoms with Crippen molar-refractivity contribution in [3.05, 3.63) is 93.3 Å². The van der Waals surface area contributed by atoms with Gasteiger partial charge >= 0.3 is 11.8 Å². The second kappa shape index (κ2) is 23.7. The van der Waals surface area contributed by atoms with E-state index in [0.717, 1.165) is 18.9 Å². The number of ether oxygens (including phenoxy) is 5. The van der Waals surface area contributed by atoms with Crippen molar-refractivity contribution in [3.63, 3.8) is 0 Å². The number of carbonyl (C=O) groups excluding carboxylic acids is 3. The van der Waals surface area contributed by atoms with Crippen LogP contribution in [0.3, 0.4) is 0 Å². The number of hydrazone groups is 1. The number of halogens is 1. The molecular weight excluding hydrogens is 1060 g/mol. The van der Waals surface area contributed by atoms with Gasteiger partial charge in [0.25, 0.3) is 11.7 Å².